The smallest absolute Gasteiger partial charge is 0.313 e. The van der Waals surface area contributed by atoms with Gasteiger partial charge < -0.3 is 9.67 Å². The third kappa shape index (κ3) is 3.00. The molecule has 0 saturated heterocycles. The van der Waals surface area contributed by atoms with Gasteiger partial charge in [-0.15, -0.1) is 0 Å². The third-order valence-electron chi connectivity index (χ3n) is 4.98. The first-order valence-corrected chi connectivity index (χ1v) is 8.47. The highest BCUT2D eigenvalue weighted by atomic mass is 32.2. The van der Waals surface area contributed by atoms with E-state index in [1.807, 2.05) is 4.57 Å². The summed E-state index contributed by atoms with van der Waals surface area (Å²) in [5.74, 6) is 1.31. The number of aliphatic carboxylic acids is 1. The van der Waals surface area contributed by atoms with Gasteiger partial charge in [-0.3, -0.25) is 9.59 Å². The van der Waals surface area contributed by atoms with Crippen molar-refractivity contribution in [1.29, 1.82) is 0 Å². The summed E-state index contributed by atoms with van der Waals surface area (Å²) in [6.45, 7) is 2.17. The van der Waals surface area contributed by atoms with Crippen LogP contribution < -0.4 is 5.56 Å². The highest BCUT2D eigenvalue weighted by Crippen LogP contribution is 2.52. The number of carboxylic acid groups (broad SMARTS) is 1. The van der Waals surface area contributed by atoms with Crippen molar-refractivity contribution in [3.63, 3.8) is 0 Å². The molecule has 114 valence electrons. The van der Waals surface area contributed by atoms with Gasteiger partial charge in [0.2, 0.25) is 0 Å². The van der Waals surface area contributed by atoms with Crippen LogP contribution in [0.2, 0.25) is 0 Å². The van der Waals surface area contributed by atoms with Crippen LogP contribution in [-0.4, -0.2) is 26.4 Å². The van der Waals surface area contributed by atoms with Crippen molar-refractivity contribution in [2.24, 2.45) is 17.8 Å². The van der Waals surface area contributed by atoms with Crippen LogP contribution in [0.5, 0.6) is 0 Å². The predicted octanol–water partition coefficient (Wildman–Crippen LogP) is 2.42. The molecular weight excluding hydrogens is 288 g/mol. The molecule has 1 heterocycles. The number of carbonyl (C=O) groups is 1. The maximum Gasteiger partial charge on any atom is 0.313 e. The van der Waals surface area contributed by atoms with Crippen molar-refractivity contribution in [3.8, 4) is 0 Å². The average Bonchev–Trinajstić information content (AvgIpc) is 3.07. The molecular formula is C15H20N2O3S. The first kappa shape index (κ1) is 14.6. The number of hydrogen-bond acceptors (Lipinski definition) is 4. The van der Waals surface area contributed by atoms with Crippen molar-refractivity contribution < 1.29 is 9.90 Å². The molecule has 1 aromatic rings. The number of rotatable bonds is 5. The van der Waals surface area contributed by atoms with E-state index in [9.17, 15) is 9.59 Å². The fraction of sp³-hybridized carbons (Fsp3) is 0.667. The minimum absolute atomic E-state index is 0.0696. The second-order valence-electron chi connectivity index (χ2n) is 6.22. The maximum atomic E-state index is 11.5. The van der Waals surface area contributed by atoms with E-state index in [0.29, 0.717) is 11.1 Å². The zero-order valence-electron chi connectivity index (χ0n) is 12.1. The molecule has 0 aromatic carbocycles. The number of fused-ring (bicyclic) bond motifs is 2. The number of aromatic nitrogens is 2. The molecule has 4 atom stereocenters. The standard InChI is InChI=1S/C15H20N2O3S/c1-9(12-7-10-2-3-11(12)6-10)17-5-4-13(18)16-15(17)21-8-14(19)20/h4-5,9-12H,2-3,6-8H2,1H3,(H,19,20). The van der Waals surface area contributed by atoms with Gasteiger partial charge in [-0.2, -0.15) is 4.98 Å². The minimum Gasteiger partial charge on any atom is -0.481 e. The zero-order valence-corrected chi connectivity index (χ0v) is 12.9. The van der Waals surface area contributed by atoms with Gasteiger partial charge in [-0.05, 0) is 43.9 Å². The van der Waals surface area contributed by atoms with Gasteiger partial charge in [0.1, 0.15) is 0 Å². The average molecular weight is 308 g/mol. The molecule has 0 spiro atoms. The molecule has 1 N–H and O–H groups in total. The Labute approximate surface area is 127 Å². The lowest BCUT2D eigenvalue weighted by Crippen LogP contribution is -2.25. The highest BCUT2D eigenvalue weighted by Gasteiger charge is 2.42. The Hall–Kier alpha value is -1.30. The molecule has 2 aliphatic rings. The van der Waals surface area contributed by atoms with Gasteiger partial charge in [0, 0.05) is 18.3 Å². The van der Waals surface area contributed by atoms with Crippen LogP contribution in [-0.2, 0) is 4.79 Å². The van der Waals surface area contributed by atoms with Crippen LogP contribution in [0.25, 0.3) is 0 Å². The van der Waals surface area contributed by atoms with Gasteiger partial charge in [0.05, 0.1) is 5.75 Å². The Balaban J connectivity index is 1.83. The summed E-state index contributed by atoms with van der Waals surface area (Å²) < 4.78 is 2.00. The monoisotopic (exact) mass is 308 g/mol. The Morgan fingerprint density at radius 3 is 2.95 bits per heavy atom. The van der Waals surface area contributed by atoms with Crippen LogP contribution in [0.15, 0.2) is 22.2 Å². The lowest BCUT2D eigenvalue weighted by Gasteiger charge is -2.30. The quantitative estimate of drug-likeness (QED) is 0.668. The van der Waals surface area contributed by atoms with E-state index >= 15 is 0 Å². The summed E-state index contributed by atoms with van der Waals surface area (Å²) in [4.78, 5) is 26.2. The Bertz CT molecular complexity index is 601. The summed E-state index contributed by atoms with van der Waals surface area (Å²) in [6.07, 6.45) is 7.03. The highest BCUT2D eigenvalue weighted by molar-refractivity contribution is 7.99. The molecule has 0 aliphatic heterocycles. The van der Waals surface area contributed by atoms with Crippen molar-refractivity contribution in [1.82, 2.24) is 9.55 Å². The van der Waals surface area contributed by atoms with Gasteiger partial charge in [-0.25, -0.2) is 0 Å². The van der Waals surface area contributed by atoms with Crippen LogP contribution in [0.3, 0.4) is 0 Å². The van der Waals surface area contributed by atoms with E-state index < -0.39 is 5.97 Å². The van der Waals surface area contributed by atoms with Gasteiger partial charge >= 0.3 is 5.97 Å². The van der Waals surface area contributed by atoms with Crippen LogP contribution in [0.4, 0.5) is 0 Å². The molecule has 2 fully saturated rings. The molecule has 1 aromatic heterocycles. The van der Waals surface area contributed by atoms with E-state index in [1.54, 1.807) is 6.20 Å². The van der Waals surface area contributed by atoms with Crippen LogP contribution >= 0.6 is 11.8 Å². The second kappa shape index (κ2) is 5.83. The summed E-state index contributed by atoms with van der Waals surface area (Å²) in [5.41, 5.74) is -0.306. The number of nitrogens with zero attached hydrogens (tertiary/aromatic N) is 2. The number of hydrogen-bond donors (Lipinski definition) is 1. The molecule has 6 heteroatoms. The first-order chi connectivity index (χ1) is 10.0. The topological polar surface area (TPSA) is 72.2 Å². The van der Waals surface area contributed by atoms with E-state index in [4.69, 9.17) is 5.11 Å². The first-order valence-electron chi connectivity index (χ1n) is 7.48. The predicted molar refractivity (Wildman–Crippen MR) is 80.5 cm³/mol. The molecule has 4 unspecified atom stereocenters. The Kier molecular flexibility index (Phi) is 4.06. The zero-order chi connectivity index (χ0) is 15.0. The Morgan fingerprint density at radius 2 is 2.33 bits per heavy atom. The van der Waals surface area contributed by atoms with Gasteiger partial charge in [0.15, 0.2) is 5.16 Å². The number of thioether (sulfide) groups is 1. The molecule has 0 radical (unpaired) electrons. The molecule has 5 nitrogen and oxygen atoms in total. The van der Waals surface area contributed by atoms with E-state index in [-0.39, 0.29) is 17.4 Å². The molecule has 2 saturated carbocycles. The van der Waals surface area contributed by atoms with E-state index in [0.717, 1.165) is 23.6 Å². The summed E-state index contributed by atoms with van der Waals surface area (Å²) >= 11 is 1.13. The molecule has 21 heavy (non-hydrogen) atoms. The van der Waals surface area contributed by atoms with E-state index in [2.05, 4.69) is 11.9 Å². The minimum atomic E-state index is -0.891. The largest absolute Gasteiger partial charge is 0.481 e. The van der Waals surface area contributed by atoms with Crippen molar-refractivity contribution in [3.05, 3.63) is 22.6 Å². The second-order valence-corrected chi connectivity index (χ2v) is 7.16. The summed E-state index contributed by atoms with van der Waals surface area (Å²) in [7, 11) is 0. The molecule has 3 rings (SSSR count). The van der Waals surface area contributed by atoms with Crippen molar-refractivity contribution in [2.45, 2.75) is 43.8 Å². The fourth-order valence-corrected chi connectivity index (χ4v) is 4.81. The van der Waals surface area contributed by atoms with Crippen LogP contribution in [0, 0.1) is 17.8 Å². The fourth-order valence-electron chi connectivity index (χ4n) is 4.03. The normalized spacial score (nSPS) is 28.7. The van der Waals surface area contributed by atoms with E-state index in [1.165, 1.54) is 31.7 Å². The van der Waals surface area contributed by atoms with Crippen molar-refractivity contribution in [2.75, 3.05) is 5.75 Å². The number of carboxylic acids is 1. The molecule has 2 aliphatic carbocycles. The lowest BCUT2D eigenvalue weighted by molar-refractivity contribution is -0.133. The maximum absolute atomic E-state index is 11.5. The SMILES string of the molecule is CC(C1CC2CCC1C2)n1ccc(=O)nc1SCC(=O)O. The van der Waals surface area contributed by atoms with Gasteiger partial charge in [0.25, 0.3) is 5.56 Å². The third-order valence-corrected chi connectivity index (χ3v) is 5.93. The van der Waals surface area contributed by atoms with Gasteiger partial charge in [-0.1, -0.05) is 18.2 Å². The summed E-state index contributed by atoms with van der Waals surface area (Å²) in [6, 6.07) is 1.74. The lowest BCUT2D eigenvalue weighted by atomic mass is 9.84. The molecule has 2 bridgehead atoms. The van der Waals surface area contributed by atoms with Crippen molar-refractivity contribution >= 4 is 17.7 Å². The Morgan fingerprint density at radius 1 is 1.52 bits per heavy atom. The molecule has 0 amide bonds. The van der Waals surface area contributed by atoms with Crippen LogP contribution in [0.1, 0.15) is 38.6 Å². The summed E-state index contributed by atoms with van der Waals surface area (Å²) in [5, 5.41) is 9.36.